The minimum Gasteiger partial charge on any atom is -0.497 e. The smallest absolute Gasteiger partial charge is 0.281 e. The molecule has 0 aliphatic carbocycles. The highest BCUT2D eigenvalue weighted by Gasteiger charge is 2.23. The van der Waals surface area contributed by atoms with Gasteiger partial charge in [-0.15, -0.1) is 5.92 Å². The Hall–Kier alpha value is -3.47. The minimum absolute atomic E-state index is 0.129. The molecular formula is C23H28N6O2. The van der Waals surface area contributed by atoms with E-state index in [1.165, 1.54) is 6.42 Å². The van der Waals surface area contributed by atoms with E-state index in [1.54, 1.807) is 25.6 Å². The van der Waals surface area contributed by atoms with Gasteiger partial charge in [-0.3, -0.25) is 13.9 Å². The van der Waals surface area contributed by atoms with Crippen LogP contribution in [-0.2, 0) is 20.1 Å². The molecule has 0 unspecified atom stereocenters. The van der Waals surface area contributed by atoms with Gasteiger partial charge in [0.1, 0.15) is 5.75 Å². The Balaban J connectivity index is 1.70. The number of nitrogens with one attached hydrogen (secondary N) is 1. The number of hydrogen-bond donors (Lipinski definition) is 1. The summed E-state index contributed by atoms with van der Waals surface area (Å²) in [6.45, 7) is 4.64. The topological polar surface area (TPSA) is 77.2 Å². The predicted molar refractivity (Wildman–Crippen MR) is 123 cm³/mol. The predicted octanol–water partition coefficient (Wildman–Crippen LogP) is 2.76. The zero-order chi connectivity index (χ0) is 21.8. The lowest BCUT2D eigenvalue weighted by Gasteiger charge is -2.27. The van der Waals surface area contributed by atoms with Crippen molar-refractivity contribution in [2.45, 2.75) is 39.3 Å². The van der Waals surface area contributed by atoms with Crippen LogP contribution in [0.4, 0.5) is 11.9 Å². The summed E-state index contributed by atoms with van der Waals surface area (Å²) in [6, 6.07) is 7.78. The zero-order valence-electron chi connectivity index (χ0n) is 18.3. The first-order chi connectivity index (χ1) is 15.1. The molecule has 3 heterocycles. The second-order valence-corrected chi connectivity index (χ2v) is 7.65. The summed E-state index contributed by atoms with van der Waals surface area (Å²) in [5, 5.41) is 3.27. The molecule has 0 bridgehead atoms. The fourth-order valence-corrected chi connectivity index (χ4v) is 3.87. The maximum absolute atomic E-state index is 13.3. The van der Waals surface area contributed by atoms with Crippen molar-refractivity contribution in [1.82, 2.24) is 19.1 Å². The number of aromatic nitrogens is 4. The van der Waals surface area contributed by atoms with Crippen LogP contribution in [0.3, 0.4) is 0 Å². The van der Waals surface area contributed by atoms with Crippen LogP contribution in [0.1, 0.15) is 31.7 Å². The van der Waals surface area contributed by atoms with E-state index in [2.05, 4.69) is 27.0 Å². The van der Waals surface area contributed by atoms with Gasteiger partial charge >= 0.3 is 0 Å². The number of methoxy groups -OCH3 is 1. The molecule has 31 heavy (non-hydrogen) atoms. The zero-order valence-corrected chi connectivity index (χ0v) is 18.3. The summed E-state index contributed by atoms with van der Waals surface area (Å²) in [5.74, 6) is 8.09. The van der Waals surface area contributed by atoms with Crippen LogP contribution < -0.4 is 20.5 Å². The number of hydrogen-bond acceptors (Lipinski definition) is 6. The Morgan fingerprint density at radius 1 is 1.13 bits per heavy atom. The molecule has 1 N–H and O–H groups in total. The Labute approximate surface area is 181 Å². The lowest BCUT2D eigenvalue weighted by molar-refractivity contribution is 0.414. The molecule has 4 rings (SSSR count). The van der Waals surface area contributed by atoms with E-state index in [1.807, 2.05) is 28.8 Å². The first-order valence-corrected chi connectivity index (χ1v) is 10.6. The van der Waals surface area contributed by atoms with Gasteiger partial charge < -0.3 is 15.0 Å². The largest absolute Gasteiger partial charge is 0.497 e. The number of nitrogens with zero attached hydrogens (tertiary/aromatic N) is 5. The molecule has 0 amide bonds. The van der Waals surface area contributed by atoms with Crippen LogP contribution in [0.15, 0.2) is 29.1 Å². The molecule has 8 heteroatoms. The summed E-state index contributed by atoms with van der Waals surface area (Å²) >= 11 is 0. The highest BCUT2D eigenvalue weighted by Crippen LogP contribution is 2.23. The molecule has 1 aliphatic rings. The molecule has 2 aromatic heterocycles. The molecular weight excluding hydrogens is 392 g/mol. The second-order valence-electron chi connectivity index (χ2n) is 7.65. The first kappa shape index (κ1) is 20.8. The standard InChI is InChI=1S/C23H28N6O2/c1-4-5-15-29-19-20(26-23(29)28-13-7-6-8-14-28)25-22(27(2)21(19)30)24-16-17-9-11-18(31-3)12-10-17/h9-12H,6-8,13-16H2,1-3H3,(H,24,25). The molecule has 162 valence electrons. The van der Waals surface area contributed by atoms with E-state index in [4.69, 9.17) is 9.72 Å². The third-order valence-corrected chi connectivity index (χ3v) is 5.63. The summed E-state index contributed by atoms with van der Waals surface area (Å²) in [4.78, 5) is 25.0. The molecule has 1 aliphatic heterocycles. The van der Waals surface area contributed by atoms with E-state index in [-0.39, 0.29) is 5.56 Å². The number of ether oxygens (including phenoxy) is 1. The van der Waals surface area contributed by atoms with Gasteiger partial charge in [0.2, 0.25) is 11.9 Å². The summed E-state index contributed by atoms with van der Waals surface area (Å²) in [6.07, 6.45) is 3.48. The van der Waals surface area contributed by atoms with Crippen LogP contribution in [0.2, 0.25) is 0 Å². The number of imidazole rings is 1. The number of piperidine rings is 1. The van der Waals surface area contributed by atoms with Gasteiger partial charge in [0, 0.05) is 26.7 Å². The average molecular weight is 421 g/mol. The van der Waals surface area contributed by atoms with E-state index in [9.17, 15) is 4.79 Å². The van der Waals surface area contributed by atoms with Crippen molar-refractivity contribution in [1.29, 1.82) is 0 Å². The molecule has 1 saturated heterocycles. The quantitative estimate of drug-likeness (QED) is 0.618. The molecule has 8 nitrogen and oxygen atoms in total. The number of fused-ring (bicyclic) bond motifs is 1. The van der Waals surface area contributed by atoms with Gasteiger partial charge in [-0.05, 0) is 43.9 Å². The normalized spacial score (nSPS) is 13.7. The Morgan fingerprint density at radius 3 is 2.55 bits per heavy atom. The van der Waals surface area contributed by atoms with Crippen molar-refractivity contribution >= 4 is 23.1 Å². The first-order valence-electron chi connectivity index (χ1n) is 10.6. The number of benzene rings is 1. The molecule has 0 radical (unpaired) electrons. The molecule has 0 spiro atoms. The summed E-state index contributed by atoms with van der Waals surface area (Å²) in [7, 11) is 3.38. The Morgan fingerprint density at radius 2 is 1.87 bits per heavy atom. The SMILES string of the molecule is CC#CCn1c(N2CCCCC2)nc2nc(NCc3ccc(OC)cc3)n(C)c(=O)c21. The van der Waals surface area contributed by atoms with Crippen molar-refractivity contribution in [2.24, 2.45) is 7.05 Å². The van der Waals surface area contributed by atoms with Crippen LogP contribution in [0.25, 0.3) is 11.2 Å². The molecule has 1 aromatic carbocycles. The highest BCUT2D eigenvalue weighted by atomic mass is 16.5. The number of rotatable bonds is 6. The Kier molecular flexibility index (Phi) is 6.12. The Bertz CT molecular complexity index is 1180. The van der Waals surface area contributed by atoms with Gasteiger partial charge in [0.25, 0.3) is 5.56 Å². The third kappa shape index (κ3) is 4.22. The molecule has 1 fully saturated rings. The van der Waals surface area contributed by atoms with Gasteiger partial charge in [0.05, 0.1) is 13.7 Å². The van der Waals surface area contributed by atoms with E-state index in [0.717, 1.165) is 43.2 Å². The maximum atomic E-state index is 13.3. The lowest BCUT2D eigenvalue weighted by Crippen LogP contribution is -2.32. The fourth-order valence-electron chi connectivity index (χ4n) is 3.87. The fraction of sp³-hybridized carbons (Fsp3) is 0.435. The van der Waals surface area contributed by atoms with E-state index < -0.39 is 0 Å². The molecule has 0 atom stereocenters. The van der Waals surface area contributed by atoms with E-state index >= 15 is 0 Å². The van der Waals surface area contributed by atoms with Crippen LogP contribution in [-0.4, -0.2) is 39.3 Å². The van der Waals surface area contributed by atoms with Crippen molar-refractivity contribution in [3.05, 3.63) is 40.2 Å². The monoisotopic (exact) mass is 420 g/mol. The van der Waals surface area contributed by atoms with Crippen LogP contribution >= 0.6 is 0 Å². The van der Waals surface area contributed by atoms with E-state index in [0.29, 0.717) is 30.2 Å². The number of anilines is 2. The van der Waals surface area contributed by atoms with Crippen molar-refractivity contribution < 1.29 is 4.74 Å². The lowest BCUT2D eigenvalue weighted by atomic mass is 10.1. The van der Waals surface area contributed by atoms with Crippen molar-refractivity contribution in [2.75, 3.05) is 30.4 Å². The maximum Gasteiger partial charge on any atom is 0.281 e. The molecule has 3 aromatic rings. The third-order valence-electron chi connectivity index (χ3n) is 5.63. The highest BCUT2D eigenvalue weighted by molar-refractivity contribution is 5.75. The van der Waals surface area contributed by atoms with Gasteiger partial charge in [-0.2, -0.15) is 9.97 Å². The van der Waals surface area contributed by atoms with Gasteiger partial charge in [0.15, 0.2) is 11.2 Å². The van der Waals surface area contributed by atoms with Crippen LogP contribution in [0, 0.1) is 11.8 Å². The van der Waals surface area contributed by atoms with Crippen molar-refractivity contribution in [3.8, 4) is 17.6 Å². The minimum atomic E-state index is -0.129. The summed E-state index contributed by atoms with van der Waals surface area (Å²) in [5.41, 5.74) is 1.89. The van der Waals surface area contributed by atoms with Gasteiger partial charge in [-0.25, -0.2) is 0 Å². The van der Waals surface area contributed by atoms with Crippen LogP contribution in [0.5, 0.6) is 5.75 Å². The van der Waals surface area contributed by atoms with Crippen molar-refractivity contribution in [3.63, 3.8) is 0 Å². The average Bonchev–Trinajstić information content (AvgIpc) is 3.18. The molecule has 0 saturated carbocycles. The van der Waals surface area contributed by atoms with Gasteiger partial charge in [-0.1, -0.05) is 18.1 Å². The summed E-state index contributed by atoms with van der Waals surface area (Å²) < 4.78 is 8.67. The second kappa shape index (κ2) is 9.13.